The second-order valence-electron chi connectivity index (χ2n) is 7.20. The molecule has 0 aliphatic carbocycles. The molecular weight excluding hydrogens is 395 g/mol. The predicted molar refractivity (Wildman–Crippen MR) is 108 cm³/mol. The first-order chi connectivity index (χ1) is 14.3. The molecule has 8 heteroatoms. The van der Waals surface area contributed by atoms with Crippen LogP contribution in [0.5, 0.6) is 0 Å². The van der Waals surface area contributed by atoms with Crippen molar-refractivity contribution in [1.82, 2.24) is 10.2 Å². The van der Waals surface area contributed by atoms with Gasteiger partial charge in [-0.1, -0.05) is 41.6 Å². The van der Waals surface area contributed by atoms with Gasteiger partial charge in [-0.25, -0.2) is 4.79 Å². The number of carbonyl (C=O) groups excluding carboxylic acids is 1. The number of aryl methyl sites for hydroxylation is 1. The zero-order chi connectivity index (χ0) is 21.7. The van der Waals surface area contributed by atoms with Gasteiger partial charge in [-0.3, -0.25) is 0 Å². The summed E-state index contributed by atoms with van der Waals surface area (Å²) in [5.74, 6) is 0. The fraction of sp³-hybridized carbons (Fsp3) is 0.364. The van der Waals surface area contributed by atoms with Gasteiger partial charge in [-0.15, -0.1) is 0 Å². The monoisotopic (exact) mass is 419 g/mol. The van der Waals surface area contributed by atoms with Gasteiger partial charge in [0, 0.05) is 25.1 Å². The van der Waals surface area contributed by atoms with Crippen molar-refractivity contribution in [3.05, 3.63) is 70.8 Å². The van der Waals surface area contributed by atoms with Gasteiger partial charge in [0.15, 0.2) is 6.10 Å². The molecule has 0 fully saturated rings. The van der Waals surface area contributed by atoms with Gasteiger partial charge in [0.05, 0.1) is 17.8 Å². The van der Waals surface area contributed by atoms with E-state index in [9.17, 15) is 18.0 Å². The van der Waals surface area contributed by atoms with Crippen LogP contribution < -0.4 is 5.32 Å². The number of oxime groups is 1. The summed E-state index contributed by atoms with van der Waals surface area (Å²) in [6.07, 6.45) is -4.28. The van der Waals surface area contributed by atoms with Gasteiger partial charge >= 0.3 is 12.2 Å². The molecule has 0 aromatic heterocycles. The van der Waals surface area contributed by atoms with Crippen molar-refractivity contribution in [2.75, 3.05) is 13.1 Å². The minimum absolute atomic E-state index is 0.0370. The maximum atomic E-state index is 13.0. The highest BCUT2D eigenvalue weighted by molar-refractivity contribution is 6.02. The predicted octanol–water partition coefficient (Wildman–Crippen LogP) is 4.74. The molecule has 160 valence electrons. The highest BCUT2D eigenvalue weighted by Gasteiger charge is 2.31. The van der Waals surface area contributed by atoms with Crippen LogP contribution in [0.25, 0.3) is 0 Å². The molecule has 0 unspecified atom stereocenters. The molecule has 0 radical (unpaired) electrons. The first-order valence-corrected chi connectivity index (χ1v) is 9.75. The van der Waals surface area contributed by atoms with Crippen LogP contribution in [0.2, 0.25) is 0 Å². The first-order valence-electron chi connectivity index (χ1n) is 9.75. The Kier molecular flexibility index (Phi) is 6.64. The standard InChI is InChI=1S/C22H24F3N3O2/c1-3-26-21(29)28(13-16-8-6-9-17(11-16)22(23,24)25)14-18-12-20(27-30-18)19-10-5-4-7-15(19)2/h4-11,18H,3,12-14H2,1-2H3,(H,26,29)/t18-/m1/s1. The van der Waals surface area contributed by atoms with Crippen LogP contribution in [0.1, 0.15) is 35.6 Å². The van der Waals surface area contributed by atoms with Gasteiger partial charge in [0.1, 0.15) is 0 Å². The Balaban J connectivity index is 1.71. The number of carbonyl (C=O) groups is 1. The van der Waals surface area contributed by atoms with Crippen molar-refractivity contribution >= 4 is 11.7 Å². The van der Waals surface area contributed by atoms with Crippen LogP contribution in [-0.2, 0) is 17.6 Å². The highest BCUT2D eigenvalue weighted by Crippen LogP contribution is 2.30. The zero-order valence-electron chi connectivity index (χ0n) is 16.9. The fourth-order valence-electron chi connectivity index (χ4n) is 3.38. The van der Waals surface area contributed by atoms with Crippen LogP contribution in [0.4, 0.5) is 18.0 Å². The van der Waals surface area contributed by atoms with Crippen LogP contribution in [-0.4, -0.2) is 35.8 Å². The molecular formula is C22H24F3N3O2. The fourth-order valence-corrected chi connectivity index (χ4v) is 3.38. The lowest BCUT2D eigenvalue weighted by Crippen LogP contribution is -2.43. The number of urea groups is 1. The summed E-state index contributed by atoms with van der Waals surface area (Å²) < 4.78 is 39.1. The molecule has 3 rings (SSSR count). The lowest BCUT2D eigenvalue weighted by molar-refractivity contribution is -0.137. The Bertz CT molecular complexity index is 928. The maximum Gasteiger partial charge on any atom is 0.416 e. The topological polar surface area (TPSA) is 53.9 Å². The maximum absolute atomic E-state index is 13.0. The summed E-state index contributed by atoms with van der Waals surface area (Å²) in [4.78, 5) is 19.5. The lowest BCUT2D eigenvalue weighted by atomic mass is 10.0. The van der Waals surface area contributed by atoms with Gasteiger partial charge < -0.3 is 15.1 Å². The second-order valence-corrected chi connectivity index (χ2v) is 7.20. The number of nitrogens with zero attached hydrogens (tertiary/aromatic N) is 2. The molecule has 1 N–H and O–H groups in total. The average Bonchev–Trinajstić information content (AvgIpc) is 3.16. The Morgan fingerprint density at radius 3 is 2.70 bits per heavy atom. The molecule has 1 aliphatic rings. The number of halogens is 3. The number of nitrogens with one attached hydrogen (secondary N) is 1. The van der Waals surface area contributed by atoms with E-state index in [2.05, 4.69) is 10.5 Å². The molecule has 2 aromatic rings. The lowest BCUT2D eigenvalue weighted by Gasteiger charge is -2.25. The summed E-state index contributed by atoms with van der Waals surface area (Å²) in [6, 6.07) is 12.5. The molecule has 30 heavy (non-hydrogen) atoms. The Labute approximate surface area is 173 Å². The van der Waals surface area contributed by atoms with Crippen molar-refractivity contribution in [1.29, 1.82) is 0 Å². The van der Waals surface area contributed by atoms with E-state index in [1.54, 1.807) is 13.0 Å². The quantitative estimate of drug-likeness (QED) is 0.736. The summed E-state index contributed by atoms with van der Waals surface area (Å²) >= 11 is 0. The number of alkyl halides is 3. The van der Waals surface area contributed by atoms with Gasteiger partial charge in [-0.05, 0) is 37.1 Å². The first kappa shape index (κ1) is 21.7. The van der Waals surface area contributed by atoms with Crippen molar-refractivity contribution in [3.63, 3.8) is 0 Å². The Morgan fingerprint density at radius 1 is 1.23 bits per heavy atom. The van der Waals surface area contributed by atoms with E-state index in [4.69, 9.17) is 4.84 Å². The molecule has 0 saturated carbocycles. The number of amides is 2. The SMILES string of the molecule is CCNC(=O)N(Cc1cccc(C(F)(F)F)c1)C[C@H]1CC(c2ccccc2C)=NO1. The van der Waals surface area contributed by atoms with Crippen LogP contribution in [0.3, 0.4) is 0 Å². The van der Waals surface area contributed by atoms with E-state index in [0.29, 0.717) is 18.5 Å². The number of hydrogen-bond acceptors (Lipinski definition) is 3. The molecule has 0 spiro atoms. The van der Waals surface area contributed by atoms with Crippen molar-refractivity contribution < 1.29 is 22.8 Å². The van der Waals surface area contributed by atoms with Gasteiger partial charge in [0.2, 0.25) is 0 Å². The van der Waals surface area contributed by atoms with E-state index in [1.807, 2.05) is 31.2 Å². The van der Waals surface area contributed by atoms with Gasteiger partial charge in [-0.2, -0.15) is 13.2 Å². The van der Waals surface area contributed by atoms with Crippen LogP contribution >= 0.6 is 0 Å². The van der Waals surface area contributed by atoms with Crippen molar-refractivity contribution in [3.8, 4) is 0 Å². The second kappa shape index (κ2) is 9.19. The minimum atomic E-state index is -4.43. The van der Waals surface area contributed by atoms with E-state index in [-0.39, 0.29) is 25.2 Å². The molecule has 0 saturated heterocycles. The molecule has 1 atom stereocenters. The molecule has 0 bridgehead atoms. The van der Waals surface area contributed by atoms with E-state index < -0.39 is 11.7 Å². The molecule has 2 aromatic carbocycles. The molecule has 1 heterocycles. The average molecular weight is 419 g/mol. The van der Waals surface area contributed by atoms with E-state index in [0.717, 1.165) is 29.0 Å². The van der Waals surface area contributed by atoms with E-state index in [1.165, 1.54) is 11.0 Å². The summed E-state index contributed by atoms with van der Waals surface area (Å²) in [5.41, 5.74) is 2.52. The van der Waals surface area contributed by atoms with Gasteiger partial charge in [0.25, 0.3) is 0 Å². The van der Waals surface area contributed by atoms with Crippen LogP contribution in [0, 0.1) is 6.92 Å². The van der Waals surface area contributed by atoms with E-state index >= 15 is 0 Å². The van der Waals surface area contributed by atoms with Crippen molar-refractivity contribution in [2.45, 2.75) is 39.1 Å². The Hall–Kier alpha value is -3.03. The summed E-state index contributed by atoms with van der Waals surface area (Å²) in [7, 11) is 0. The number of hydrogen-bond donors (Lipinski definition) is 1. The third kappa shape index (κ3) is 5.31. The largest absolute Gasteiger partial charge is 0.416 e. The third-order valence-corrected chi connectivity index (χ3v) is 4.86. The zero-order valence-corrected chi connectivity index (χ0v) is 16.9. The third-order valence-electron chi connectivity index (χ3n) is 4.86. The van der Waals surface area contributed by atoms with Crippen molar-refractivity contribution in [2.24, 2.45) is 5.16 Å². The molecule has 1 aliphatic heterocycles. The number of rotatable bonds is 6. The molecule has 5 nitrogen and oxygen atoms in total. The summed E-state index contributed by atoms with van der Waals surface area (Å²) in [6.45, 7) is 4.43. The minimum Gasteiger partial charge on any atom is -0.390 e. The number of benzene rings is 2. The normalized spacial score (nSPS) is 16.0. The highest BCUT2D eigenvalue weighted by atomic mass is 19.4. The van der Waals surface area contributed by atoms with Crippen LogP contribution in [0.15, 0.2) is 53.7 Å². The molecule has 2 amide bonds. The smallest absolute Gasteiger partial charge is 0.390 e. The Morgan fingerprint density at radius 2 is 2.00 bits per heavy atom. The summed E-state index contributed by atoms with van der Waals surface area (Å²) in [5, 5.41) is 6.88.